The van der Waals surface area contributed by atoms with E-state index >= 15 is 0 Å². The molecule has 0 fully saturated rings. The highest BCUT2D eigenvalue weighted by Gasteiger charge is 1.90. The number of ketones is 1. The Kier molecular flexibility index (Phi) is 11.6. The van der Waals surface area contributed by atoms with E-state index in [1.54, 1.807) is 30.7 Å². The van der Waals surface area contributed by atoms with Crippen molar-refractivity contribution < 1.29 is 4.79 Å². The van der Waals surface area contributed by atoms with Crippen LogP contribution in [0.2, 0.25) is 0 Å². The lowest BCUT2D eigenvalue weighted by atomic mass is 10.2. The van der Waals surface area contributed by atoms with Crippen LogP contribution in [0, 0.1) is 0 Å². The van der Waals surface area contributed by atoms with Crippen LogP contribution in [0.25, 0.3) is 0 Å². The van der Waals surface area contributed by atoms with Gasteiger partial charge in [0.2, 0.25) is 0 Å². The minimum atomic E-state index is 0.0183. The molecular formula is C17H22N2O. The SMILES string of the molecule is C=CC=CC(C)=CC=NCCN=CCC(=O)/C=C\C=C. The number of nitrogens with zero attached hydrogens (tertiary/aromatic N) is 2. The average Bonchev–Trinajstić information content (AvgIpc) is 2.45. The maximum atomic E-state index is 11.2. The molecular weight excluding hydrogens is 248 g/mol. The largest absolute Gasteiger partial charge is 0.295 e. The van der Waals surface area contributed by atoms with Crippen LogP contribution in [0.1, 0.15) is 13.3 Å². The van der Waals surface area contributed by atoms with E-state index in [0.29, 0.717) is 19.5 Å². The van der Waals surface area contributed by atoms with Crippen molar-refractivity contribution in [3.63, 3.8) is 0 Å². The van der Waals surface area contributed by atoms with Crippen molar-refractivity contribution in [2.45, 2.75) is 13.3 Å². The van der Waals surface area contributed by atoms with E-state index in [0.717, 1.165) is 5.57 Å². The van der Waals surface area contributed by atoms with Gasteiger partial charge in [0.25, 0.3) is 0 Å². The fourth-order valence-corrected chi connectivity index (χ4v) is 1.12. The zero-order valence-corrected chi connectivity index (χ0v) is 12.0. The molecule has 0 unspecified atom stereocenters. The van der Waals surface area contributed by atoms with Gasteiger partial charge in [-0.1, -0.05) is 43.5 Å². The number of allylic oxidation sites excluding steroid dienone is 8. The van der Waals surface area contributed by atoms with E-state index in [1.165, 1.54) is 6.08 Å². The first-order valence-corrected chi connectivity index (χ1v) is 6.46. The summed E-state index contributed by atoms with van der Waals surface area (Å²) in [5.74, 6) is 0.0183. The van der Waals surface area contributed by atoms with Crippen molar-refractivity contribution in [3.05, 3.63) is 61.3 Å². The van der Waals surface area contributed by atoms with E-state index in [9.17, 15) is 4.79 Å². The van der Waals surface area contributed by atoms with E-state index in [-0.39, 0.29) is 5.78 Å². The molecule has 0 saturated heterocycles. The van der Waals surface area contributed by atoms with Crippen LogP contribution in [0.5, 0.6) is 0 Å². The summed E-state index contributed by atoms with van der Waals surface area (Å²) in [6.07, 6.45) is 15.9. The summed E-state index contributed by atoms with van der Waals surface area (Å²) >= 11 is 0. The monoisotopic (exact) mass is 270 g/mol. The summed E-state index contributed by atoms with van der Waals surface area (Å²) in [6, 6.07) is 0. The normalized spacial score (nSPS) is 12.9. The quantitative estimate of drug-likeness (QED) is 0.259. The van der Waals surface area contributed by atoms with Gasteiger partial charge in [0.05, 0.1) is 13.1 Å². The van der Waals surface area contributed by atoms with Crippen LogP contribution < -0.4 is 0 Å². The molecule has 0 aliphatic carbocycles. The molecule has 0 aliphatic heterocycles. The fourth-order valence-electron chi connectivity index (χ4n) is 1.12. The standard InChI is InChI=1S/C17H22N2O/c1-4-6-8-16(3)10-12-18-14-15-19-13-11-17(20)9-7-5-2/h4-10,12-13H,1-2,11,14-15H2,3H3/b8-6?,9-7-,16-10?,18-12?,19-13?. The molecule has 20 heavy (non-hydrogen) atoms. The Morgan fingerprint density at radius 3 is 2.40 bits per heavy atom. The van der Waals surface area contributed by atoms with Gasteiger partial charge in [-0.15, -0.1) is 0 Å². The number of carbonyl (C=O) groups excluding carboxylic acids is 1. The number of carbonyl (C=O) groups is 1. The third kappa shape index (κ3) is 12.2. The minimum absolute atomic E-state index is 0.0183. The topological polar surface area (TPSA) is 41.8 Å². The van der Waals surface area contributed by atoms with Gasteiger partial charge in [0, 0.05) is 18.9 Å². The number of hydrogen-bond acceptors (Lipinski definition) is 3. The second kappa shape index (κ2) is 13.1. The van der Waals surface area contributed by atoms with Crippen LogP contribution in [-0.2, 0) is 4.79 Å². The average molecular weight is 270 g/mol. The lowest BCUT2D eigenvalue weighted by Gasteiger charge is -1.89. The van der Waals surface area contributed by atoms with E-state index in [1.807, 2.05) is 25.2 Å². The Balaban J connectivity index is 3.83. The van der Waals surface area contributed by atoms with Gasteiger partial charge < -0.3 is 0 Å². The highest BCUT2D eigenvalue weighted by atomic mass is 16.1. The highest BCUT2D eigenvalue weighted by Crippen LogP contribution is 1.92. The van der Waals surface area contributed by atoms with Crippen molar-refractivity contribution in [1.82, 2.24) is 0 Å². The molecule has 0 radical (unpaired) electrons. The van der Waals surface area contributed by atoms with Crippen LogP contribution in [-0.4, -0.2) is 31.3 Å². The molecule has 0 saturated carbocycles. The summed E-state index contributed by atoms with van der Waals surface area (Å²) in [5, 5.41) is 0. The first-order chi connectivity index (χ1) is 9.70. The molecule has 3 heteroatoms. The van der Waals surface area contributed by atoms with Crippen molar-refractivity contribution in [2.75, 3.05) is 13.1 Å². The summed E-state index contributed by atoms with van der Waals surface area (Å²) in [7, 11) is 0. The zero-order chi connectivity index (χ0) is 15.1. The molecule has 3 nitrogen and oxygen atoms in total. The van der Waals surface area contributed by atoms with Crippen LogP contribution >= 0.6 is 0 Å². The molecule has 0 atom stereocenters. The van der Waals surface area contributed by atoms with Gasteiger partial charge in [-0.2, -0.15) is 0 Å². The molecule has 0 aromatic heterocycles. The van der Waals surface area contributed by atoms with Gasteiger partial charge in [-0.3, -0.25) is 14.8 Å². The maximum absolute atomic E-state index is 11.2. The molecule has 0 aromatic carbocycles. The Morgan fingerprint density at radius 2 is 1.70 bits per heavy atom. The van der Waals surface area contributed by atoms with E-state index in [4.69, 9.17) is 0 Å². The molecule has 0 bridgehead atoms. The Labute approximate surface area is 121 Å². The van der Waals surface area contributed by atoms with Crippen LogP contribution in [0.15, 0.2) is 71.2 Å². The summed E-state index contributed by atoms with van der Waals surface area (Å²) in [5.41, 5.74) is 1.11. The molecule has 0 aliphatic rings. The molecule has 0 N–H and O–H groups in total. The molecule has 0 rings (SSSR count). The van der Waals surface area contributed by atoms with Crippen molar-refractivity contribution >= 4 is 18.2 Å². The Morgan fingerprint density at radius 1 is 1.05 bits per heavy atom. The zero-order valence-electron chi connectivity index (χ0n) is 12.0. The van der Waals surface area contributed by atoms with E-state index < -0.39 is 0 Å². The lowest BCUT2D eigenvalue weighted by molar-refractivity contribution is -0.113. The molecule has 0 amide bonds. The first kappa shape index (κ1) is 17.7. The fraction of sp³-hybridized carbons (Fsp3) is 0.235. The second-order valence-corrected chi connectivity index (χ2v) is 3.91. The second-order valence-electron chi connectivity index (χ2n) is 3.91. The Hall–Kier alpha value is -2.29. The summed E-state index contributed by atoms with van der Waals surface area (Å²) in [6.45, 7) is 10.3. The number of hydrogen-bond donors (Lipinski definition) is 0. The minimum Gasteiger partial charge on any atom is -0.295 e. The Bertz CT molecular complexity index is 452. The van der Waals surface area contributed by atoms with Gasteiger partial charge >= 0.3 is 0 Å². The summed E-state index contributed by atoms with van der Waals surface area (Å²) < 4.78 is 0. The van der Waals surface area contributed by atoms with Crippen molar-refractivity contribution in [2.24, 2.45) is 9.98 Å². The third-order valence-electron chi connectivity index (χ3n) is 2.14. The first-order valence-electron chi connectivity index (χ1n) is 6.46. The number of aliphatic imine (C=N–C) groups is 2. The predicted molar refractivity (Wildman–Crippen MR) is 88.8 cm³/mol. The van der Waals surface area contributed by atoms with Gasteiger partial charge in [-0.25, -0.2) is 0 Å². The summed E-state index contributed by atoms with van der Waals surface area (Å²) in [4.78, 5) is 19.5. The van der Waals surface area contributed by atoms with Gasteiger partial charge in [-0.05, 0) is 24.6 Å². The lowest BCUT2D eigenvalue weighted by Crippen LogP contribution is -1.94. The van der Waals surface area contributed by atoms with Gasteiger partial charge in [0.15, 0.2) is 5.78 Å². The molecule has 106 valence electrons. The van der Waals surface area contributed by atoms with E-state index in [2.05, 4.69) is 23.1 Å². The van der Waals surface area contributed by atoms with Crippen molar-refractivity contribution in [3.8, 4) is 0 Å². The van der Waals surface area contributed by atoms with Crippen molar-refractivity contribution in [1.29, 1.82) is 0 Å². The molecule has 0 spiro atoms. The number of rotatable bonds is 10. The third-order valence-corrected chi connectivity index (χ3v) is 2.14. The predicted octanol–water partition coefficient (Wildman–Crippen LogP) is 3.52. The van der Waals surface area contributed by atoms with Crippen LogP contribution in [0.4, 0.5) is 0 Å². The maximum Gasteiger partial charge on any atom is 0.160 e. The highest BCUT2D eigenvalue weighted by molar-refractivity contribution is 5.99. The smallest absolute Gasteiger partial charge is 0.160 e. The molecule has 0 aromatic rings. The van der Waals surface area contributed by atoms with Crippen LogP contribution in [0.3, 0.4) is 0 Å². The van der Waals surface area contributed by atoms with Gasteiger partial charge in [0.1, 0.15) is 0 Å². The molecule has 0 heterocycles.